The third-order valence-electron chi connectivity index (χ3n) is 4.97. The molecule has 3 rings (SSSR count). The van der Waals surface area contributed by atoms with Gasteiger partial charge in [0.25, 0.3) is 5.91 Å². The summed E-state index contributed by atoms with van der Waals surface area (Å²) in [4.78, 5) is 36.7. The lowest BCUT2D eigenvalue weighted by atomic mass is 10.0. The standard InChI is InChI=1S/C25H30N2O5/c1-16(2)32-24(29)14-22(18-9-7-17(3)8-10-18)27-23(28)15-31-21-6-4-5-20(13-21)26-25(30)19-11-12-19/h4-10,13,16,19,22H,11-12,14-15H2,1-3H3,(H,26,30)(H,27,28). The number of benzene rings is 2. The van der Waals surface area contributed by atoms with E-state index in [0.717, 1.165) is 24.0 Å². The summed E-state index contributed by atoms with van der Waals surface area (Å²) < 4.78 is 10.9. The van der Waals surface area contributed by atoms with Crippen LogP contribution in [0.25, 0.3) is 0 Å². The first-order valence-corrected chi connectivity index (χ1v) is 10.9. The molecule has 0 aromatic heterocycles. The summed E-state index contributed by atoms with van der Waals surface area (Å²) in [7, 11) is 0. The van der Waals surface area contributed by atoms with Crippen molar-refractivity contribution in [2.75, 3.05) is 11.9 Å². The number of anilines is 1. The molecule has 1 atom stereocenters. The van der Waals surface area contributed by atoms with Crippen molar-refractivity contribution in [3.05, 3.63) is 59.7 Å². The minimum absolute atomic E-state index is 0.00844. The van der Waals surface area contributed by atoms with Crippen LogP contribution < -0.4 is 15.4 Å². The molecule has 2 aromatic rings. The van der Waals surface area contributed by atoms with Gasteiger partial charge in [0.1, 0.15) is 5.75 Å². The maximum Gasteiger partial charge on any atom is 0.308 e. The van der Waals surface area contributed by atoms with Crippen LogP contribution in [-0.2, 0) is 19.1 Å². The fourth-order valence-electron chi connectivity index (χ4n) is 3.17. The van der Waals surface area contributed by atoms with Gasteiger partial charge in [-0.25, -0.2) is 0 Å². The molecule has 0 heterocycles. The van der Waals surface area contributed by atoms with E-state index >= 15 is 0 Å². The van der Waals surface area contributed by atoms with Crippen LogP contribution in [0.2, 0.25) is 0 Å². The van der Waals surface area contributed by atoms with Crippen LogP contribution in [0.5, 0.6) is 5.75 Å². The maximum absolute atomic E-state index is 12.6. The number of ether oxygens (including phenoxy) is 2. The molecule has 1 aliphatic carbocycles. The monoisotopic (exact) mass is 438 g/mol. The fraction of sp³-hybridized carbons (Fsp3) is 0.400. The lowest BCUT2D eigenvalue weighted by Gasteiger charge is -2.20. The first kappa shape index (κ1) is 23.3. The smallest absolute Gasteiger partial charge is 0.308 e. The zero-order chi connectivity index (χ0) is 23.1. The first-order valence-electron chi connectivity index (χ1n) is 10.9. The van der Waals surface area contributed by atoms with Crippen LogP contribution >= 0.6 is 0 Å². The molecule has 0 radical (unpaired) electrons. The molecule has 1 saturated carbocycles. The lowest BCUT2D eigenvalue weighted by Crippen LogP contribution is -2.34. The Balaban J connectivity index is 1.58. The Morgan fingerprint density at radius 2 is 1.78 bits per heavy atom. The van der Waals surface area contributed by atoms with Gasteiger partial charge in [-0.1, -0.05) is 35.9 Å². The molecule has 2 N–H and O–H groups in total. The number of rotatable bonds is 10. The Kier molecular flexibility index (Phi) is 7.87. The molecule has 7 heteroatoms. The highest BCUT2D eigenvalue weighted by Gasteiger charge is 2.29. The third-order valence-corrected chi connectivity index (χ3v) is 4.97. The van der Waals surface area contributed by atoms with Crippen molar-refractivity contribution in [2.45, 2.75) is 52.2 Å². The van der Waals surface area contributed by atoms with Gasteiger partial charge < -0.3 is 20.1 Å². The number of esters is 1. The van der Waals surface area contributed by atoms with E-state index in [4.69, 9.17) is 9.47 Å². The van der Waals surface area contributed by atoms with Crippen molar-refractivity contribution in [1.29, 1.82) is 0 Å². The number of amides is 2. The van der Waals surface area contributed by atoms with Gasteiger partial charge in [0.05, 0.1) is 18.6 Å². The number of nitrogens with one attached hydrogen (secondary N) is 2. The molecule has 0 spiro atoms. The minimum atomic E-state index is -0.526. The number of hydrogen-bond donors (Lipinski definition) is 2. The lowest BCUT2D eigenvalue weighted by molar-refractivity contribution is -0.148. The summed E-state index contributed by atoms with van der Waals surface area (Å²) in [5, 5.41) is 5.72. The van der Waals surface area contributed by atoms with Gasteiger partial charge in [-0.2, -0.15) is 0 Å². The molecule has 2 amide bonds. The molecule has 1 aliphatic rings. The van der Waals surface area contributed by atoms with Crippen LogP contribution in [0.15, 0.2) is 48.5 Å². The molecule has 1 unspecified atom stereocenters. The van der Waals surface area contributed by atoms with E-state index in [2.05, 4.69) is 10.6 Å². The highest BCUT2D eigenvalue weighted by Crippen LogP contribution is 2.30. The van der Waals surface area contributed by atoms with Crippen molar-refractivity contribution in [3.8, 4) is 5.75 Å². The van der Waals surface area contributed by atoms with E-state index in [-0.39, 0.29) is 42.8 Å². The zero-order valence-corrected chi connectivity index (χ0v) is 18.7. The normalized spacial score (nSPS) is 13.9. The van der Waals surface area contributed by atoms with Crippen molar-refractivity contribution in [3.63, 3.8) is 0 Å². The van der Waals surface area contributed by atoms with Crippen LogP contribution in [0.4, 0.5) is 5.69 Å². The largest absolute Gasteiger partial charge is 0.484 e. The van der Waals surface area contributed by atoms with Gasteiger partial charge in [0.15, 0.2) is 6.61 Å². The number of carbonyl (C=O) groups is 3. The number of aryl methyl sites for hydroxylation is 1. The van der Waals surface area contributed by atoms with Gasteiger partial charge in [-0.05, 0) is 51.3 Å². The second-order valence-electron chi connectivity index (χ2n) is 8.35. The van der Waals surface area contributed by atoms with Crippen LogP contribution in [0.3, 0.4) is 0 Å². The summed E-state index contributed by atoms with van der Waals surface area (Å²) in [5.41, 5.74) is 2.53. The maximum atomic E-state index is 12.6. The Hall–Kier alpha value is -3.35. The molecule has 0 bridgehead atoms. The summed E-state index contributed by atoms with van der Waals surface area (Å²) in [6, 6.07) is 14.0. The number of hydrogen-bond acceptors (Lipinski definition) is 5. The SMILES string of the molecule is Cc1ccc(C(CC(=O)OC(C)C)NC(=O)COc2cccc(NC(=O)C3CC3)c2)cc1. The molecule has 2 aromatic carbocycles. The summed E-state index contributed by atoms with van der Waals surface area (Å²) >= 11 is 0. The highest BCUT2D eigenvalue weighted by atomic mass is 16.5. The van der Waals surface area contributed by atoms with Crippen molar-refractivity contribution in [1.82, 2.24) is 5.32 Å². The highest BCUT2D eigenvalue weighted by molar-refractivity contribution is 5.94. The first-order chi connectivity index (χ1) is 15.3. The molecule has 7 nitrogen and oxygen atoms in total. The number of carbonyl (C=O) groups excluding carboxylic acids is 3. The van der Waals surface area contributed by atoms with Crippen molar-refractivity contribution in [2.24, 2.45) is 5.92 Å². The minimum Gasteiger partial charge on any atom is -0.484 e. The predicted molar refractivity (Wildman–Crippen MR) is 121 cm³/mol. The molecular weight excluding hydrogens is 408 g/mol. The predicted octanol–water partition coefficient (Wildman–Crippen LogP) is 3.92. The molecule has 32 heavy (non-hydrogen) atoms. The van der Waals surface area contributed by atoms with Gasteiger partial charge in [0, 0.05) is 17.7 Å². The quantitative estimate of drug-likeness (QED) is 0.549. The van der Waals surface area contributed by atoms with E-state index < -0.39 is 6.04 Å². The Morgan fingerprint density at radius 1 is 1.06 bits per heavy atom. The average molecular weight is 439 g/mol. The fourth-order valence-corrected chi connectivity index (χ4v) is 3.17. The van der Waals surface area contributed by atoms with Crippen molar-refractivity contribution < 1.29 is 23.9 Å². The van der Waals surface area contributed by atoms with Crippen molar-refractivity contribution >= 4 is 23.5 Å². The molecule has 170 valence electrons. The molecule has 1 fully saturated rings. The van der Waals surface area contributed by atoms with Crippen LogP contribution in [0, 0.1) is 12.8 Å². The molecular formula is C25H30N2O5. The van der Waals surface area contributed by atoms with Crippen LogP contribution in [-0.4, -0.2) is 30.5 Å². The second kappa shape index (κ2) is 10.8. The summed E-state index contributed by atoms with van der Waals surface area (Å²) in [6.45, 7) is 5.32. The summed E-state index contributed by atoms with van der Waals surface area (Å²) in [6.07, 6.45) is 1.65. The third kappa shape index (κ3) is 7.41. The Bertz CT molecular complexity index is 951. The van der Waals surface area contributed by atoms with E-state index in [1.54, 1.807) is 38.1 Å². The van der Waals surface area contributed by atoms with Gasteiger partial charge >= 0.3 is 5.97 Å². The van der Waals surface area contributed by atoms with E-state index in [0.29, 0.717) is 11.4 Å². The van der Waals surface area contributed by atoms with E-state index in [1.165, 1.54) is 0 Å². The molecule has 0 aliphatic heterocycles. The zero-order valence-electron chi connectivity index (χ0n) is 18.7. The van der Waals surface area contributed by atoms with E-state index in [1.807, 2.05) is 31.2 Å². The van der Waals surface area contributed by atoms with Crippen LogP contribution in [0.1, 0.15) is 50.3 Å². The van der Waals surface area contributed by atoms with Gasteiger partial charge in [-0.15, -0.1) is 0 Å². The summed E-state index contributed by atoms with van der Waals surface area (Å²) in [5.74, 6) is -0.161. The second-order valence-corrected chi connectivity index (χ2v) is 8.35. The molecule has 0 saturated heterocycles. The average Bonchev–Trinajstić information content (AvgIpc) is 3.58. The van der Waals surface area contributed by atoms with Gasteiger partial charge in [0.2, 0.25) is 5.91 Å². The topological polar surface area (TPSA) is 93.7 Å². The van der Waals surface area contributed by atoms with Gasteiger partial charge in [-0.3, -0.25) is 14.4 Å². The Morgan fingerprint density at radius 3 is 2.44 bits per heavy atom. The van der Waals surface area contributed by atoms with E-state index in [9.17, 15) is 14.4 Å². The Labute approximate surface area is 188 Å².